The number of thiazole rings is 1. The van der Waals surface area contributed by atoms with Gasteiger partial charge in [-0.2, -0.15) is 0 Å². The first-order valence-corrected chi connectivity index (χ1v) is 14.2. The van der Waals surface area contributed by atoms with Gasteiger partial charge in [0.25, 0.3) is 11.5 Å². The first-order valence-electron chi connectivity index (χ1n) is 13.4. The Kier molecular flexibility index (Phi) is 6.94. The molecule has 3 heterocycles. The number of carbonyl (C=O) groups is 1. The molecular formula is C32H29FN4O2S. The summed E-state index contributed by atoms with van der Waals surface area (Å²) in [6.07, 6.45) is 4.31. The number of benzene rings is 3. The number of anilines is 2. The maximum atomic E-state index is 13.9. The molecule has 40 heavy (non-hydrogen) atoms. The summed E-state index contributed by atoms with van der Waals surface area (Å²) in [5, 5.41) is 2.93. The Hall–Kier alpha value is -4.30. The van der Waals surface area contributed by atoms with Crippen LogP contribution in [0.4, 0.5) is 15.8 Å². The fourth-order valence-electron chi connectivity index (χ4n) is 5.52. The van der Waals surface area contributed by atoms with E-state index in [0.717, 1.165) is 18.7 Å². The first-order chi connectivity index (χ1) is 19.4. The first kappa shape index (κ1) is 26.0. The summed E-state index contributed by atoms with van der Waals surface area (Å²) < 4.78 is 16.0. The van der Waals surface area contributed by atoms with Gasteiger partial charge in [0.2, 0.25) is 0 Å². The number of halogens is 1. The van der Waals surface area contributed by atoms with Crippen molar-refractivity contribution in [1.82, 2.24) is 4.57 Å². The summed E-state index contributed by atoms with van der Waals surface area (Å²) in [7, 11) is 0. The lowest BCUT2D eigenvalue weighted by Crippen LogP contribution is -2.40. The summed E-state index contributed by atoms with van der Waals surface area (Å²) in [6, 6.07) is 20.6. The molecule has 1 saturated heterocycles. The Balaban J connectivity index is 1.44. The van der Waals surface area contributed by atoms with Gasteiger partial charge >= 0.3 is 0 Å². The van der Waals surface area contributed by atoms with Gasteiger partial charge in [0, 0.05) is 24.5 Å². The van der Waals surface area contributed by atoms with Crippen molar-refractivity contribution in [1.29, 1.82) is 0 Å². The maximum Gasteiger partial charge on any atom is 0.271 e. The molecule has 1 amide bonds. The molecule has 2 aliphatic heterocycles. The smallest absolute Gasteiger partial charge is 0.271 e. The number of hydrogen-bond donors (Lipinski definition) is 1. The van der Waals surface area contributed by atoms with E-state index in [2.05, 4.69) is 34.3 Å². The van der Waals surface area contributed by atoms with Crippen molar-refractivity contribution in [2.24, 2.45) is 4.99 Å². The number of fused-ring (bicyclic) bond motifs is 1. The van der Waals surface area contributed by atoms with E-state index < -0.39 is 6.04 Å². The highest BCUT2D eigenvalue weighted by atomic mass is 32.1. The fourth-order valence-corrected chi connectivity index (χ4v) is 6.57. The van der Waals surface area contributed by atoms with Gasteiger partial charge < -0.3 is 10.2 Å². The number of amides is 1. The summed E-state index contributed by atoms with van der Waals surface area (Å²) in [5.41, 5.74) is 5.23. The second kappa shape index (κ2) is 10.7. The second-order valence-corrected chi connectivity index (χ2v) is 11.2. The third-order valence-electron chi connectivity index (χ3n) is 7.45. The van der Waals surface area contributed by atoms with Crippen LogP contribution in [-0.4, -0.2) is 23.6 Å². The minimum Gasteiger partial charge on any atom is -0.371 e. The van der Waals surface area contributed by atoms with Crippen LogP contribution in [0.2, 0.25) is 0 Å². The molecule has 0 bridgehead atoms. The van der Waals surface area contributed by atoms with E-state index in [1.807, 2.05) is 30.3 Å². The molecule has 0 unspecified atom stereocenters. The molecule has 1 atom stereocenters. The van der Waals surface area contributed by atoms with E-state index in [4.69, 9.17) is 0 Å². The lowest BCUT2D eigenvalue weighted by atomic mass is 9.95. The van der Waals surface area contributed by atoms with Gasteiger partial charge in [-0.25, -0.2) is 9.38 Å². The van der Waals surface area contributed by atoms with Crippen LogP contribution in [0.5, 0.6) is 0 Å². The van der Waals surface area contributed by atoms with Crippen molar-refractivity contribution < 1.29 is 9.18 Å². The van der Waals surface area contributed by atoms with Crippen LogP contribution in [0, 0.1) is 12.7 Å². The van der Waals surface area contributed by atoms with Gasteiger partial charge in [-0.3, -0.25) is 14.2 Å². The molecule has 8 heteroatoms. The molecule has 4 aromatic rings. The number of carbonyl (C=O) groups excluding carboxylic acids is 1. The van der Waals surface area contributed by atoms with E-state index in [0.29, 0.717) is 31.9 Å². The van der Waals surface area contributed by atoms with Crippen molar-refractivity contribution in [3.63, 3.8) is 0 Å². The van der Waals surface area contributed by atoms with Crippen LogP contribution in [0.1, 0.15) is 42.5 Å². The van der Waals surface area contributed by atoms with Crippen molar-refractivity contribution >= 4 is 34.7 Å². The third kappa shape index (κ3) is 4.91. The molecule has 2 aliphatic rings. The number of hydrogen-bond acceptors (Lipinski definition) is 5. The molecule has 3 aromatic carbocycles. The van der Waals surface area contributed by atoms with Crippen molar-refractivity contribution in [2.45, 2.75) is 32.7 Å². The second-order valence-electron chi connectivity index (χ2n) is 10.2. The van der Waals surface area contributed by atoms with Gasteiger partial charge in [-0.15, -0.1) is 0 Å². The van der Waals surface area contributed by atoms with Crippen LogP contribution in [-0.2, 0) is 4.79 Å². The Morgan fingerprint density at radius 1 is 1.02 bits per heavy atom. The third-order valence-corrected chi connectivity index (χ3v) is 8.43. The lowest BCUT2D eigenvalue weighted by molar-refractivity contribution is -0.113. The van der Waals surface area contributed by atoms with Crippen molar-refractivity contribution in [3.05, 3.63) is 126 Å². The molecule has 0 aliphatic carbocycles. The lowest BCUT2D eigenvalue weighted by Gasteiger charge is -2.25. The normalized spacial score (nSPS) is 17.1. The molecule has 0 spiro atoms. The molecule has 1 N–H and O–H groups in total. The Bertz CT molecular complexity index is 1800. The highest BCUT2D eigenvalue weighted by molar-refractivity contribution is 7.07. The Morgan fingerprint density at radius 2 is 1.75 bits per heavy atom. The number of aromatic nitrogens is 1. The average Bonchev–Trinajstić information content (AvgIpc) is 3.57. The number of aryl methyl sites for hydroxylation is 1. The molecular weight excluding hydrogens is 523 g/mol. The van der Waals surface area contributed by atoms with Crippen LogP contribution in [0.15, 0.2) is 93.9 Å². The van der Waals surface area contributed by atoms with E-state index in [-0.39, 0.29) is 17.3 Å². The summed E-state index contributed by atoms with van der Waals surface area (Å²) >= 11 is 1.29. The molecule has 0 saturated carbocycles. The summed E-state index contributed by atoms with van der Waals surface area (Å²) in [4.78, 5) is 35.1. The van der Waals surface area contributed by atoms with E-state index in [1.165, 1.54) is 47.6 Å². The quantitative estimate of drug-likeness (QED) is 0.382. The van der Waals surface area contributed by atoms with Gasteiger partial charge in [0.05, 0.1) is 21.8 Å². The van der Waals surface area contributed by atoms with Crippen molar-refractivity contribution in [2.75, 3.05) is 23.3 Å². The van der Waals surface area contributed by atoms with E-state index >= 15 is 0 Å². The monoisotopic (exact) mass is 552 g/mol. The zero-order valence-electron chi connectivity index (χ0n) is 22.4. The predicted octanol–water partition coefficient (Wildman–Crippen LogP) is 4.92. The van der Waals surface area contributed by atoms with Gasteiger partial charge in [-0.05, 0) is 85.9 Å². The van der Waals surface area contributed by atoms with Crippen LogP contribution >= 0.6 is 11.3 Å². The topological polar surface area (TPSA) is 66.7 Å². The minimum atomic E-state index is -0.748. The average molecular weight is 553 g/mol. The van der Waals surface area contributed by atoms with E-state index in [1.54, 1.807) is 35.8 Å². The van der Waals surface area contributed by atoms with Crippen LogP contribution in [0.3, 0.4) is 0 Å². The molecule has 1 aromatic heterocycles. The SMILES string of the molecule is CC1=C(C(=O)Nc2ccccc2)[C@H](c2ccc(F)cc2)n2c(s/c(=C/c3ccc(N4CCCC4)c(C)c3)c2=O)=N1. The maximum absolute atomic E-state index is 13.9. The molecule has 1 fully saturated rings. The van der Waals surface area contributed by atoms with Crippen LogP contribution in [0.25, 0.3) is 6.08 Å². The van der Waals surface area contributed by atoms with Crippen molar-refractivity contribution in [3.8, 4) is 0 Å². The Morgan fingerprint density at radius 3 is 2.45 bits per heavy atom. The molecule has 202 valence electrons. The summed E-state index contributed by atoms with van der Waals surface area (Å²) in [5.74, 6) is -0.746. The highest BCUT2D eigenvalue weighted by Gasteiger charge is 2.32. The Labute approximate surface area is 235 Å². The number of para-hydroxylation sites is 1. The number of allylic oxidation sites excluding steroid dienone is 1. The highest BCUT2D eigenvalue weighted by Crippen LogP contribution is 2.31. The van der Waals surface area contributed by atoms with Gasteiger partial charge in [0.15, 0.2) is 4.80 Å². The van der Waals surface area contributed by atoms with Gasteiger partial charge in [0.1, 0.15) is 5.82 Å². The van der Waals surface area contributed by atoms with E-state index in [9.17, 15) is 14.0 Å². The molecule has 0 radical (unpaired) electrons. The molecule has 6 nitrogen and oxygen atoms in total. The minimum absolute atomic E-state index is 0.239. The number of nitrogens with one attached hydrogen (secondary N) is 1. The zero-order chi connectivity index (χ0) is 27.8. The standard InChI is InChI=1S/C32H29FN4O2S/c1-20-18-22(10-15-26(20)36-16-6-7-17-36)19-27-31(39)37-29(23-11-13-24(33)14-12-23)28(21(2)34-32(37)40-27)30(38)35-25-8-4-3-5-9-25/h3-5,8-15,18-19,29H,6-7,16-17H2,1-2H3,(H,35,38)/b27-19+/t29-/m0/s1. The fraction of sp³-hybridized carbons (Fsp3) is 0.219. The van der Waals surface area contributed by atoms with Crippen LogP contribution < -0.4 is 25.1 Å². The van der Waals surface area contributed by atoms with Gasteiger partial charge in [-0.1, -0.05) is 47.7 Å². The number of nitrogens with zero attached hydrogens (tertiary/aromatic N) is 3. The largest absolute Gasteiger partial charge is 0.371 e. The predicted molar refractivity (Wildman–Crippen MR) is 158 cm³/mol. The zero-order valence-corrected chi connectivity index (χ0v) is 23.2. The number of rotatable bonds is 5. The molecule has 6 rings (SSSR count). The summed E-state index contributed by atoms with van der Waals surface area (Å²) in [6.45, 7) is 6.01.